The van der Waals surface area contributed by atoms with Crippen molar-refractivity contribution in [2.24, 2.45) is 0 Å². The third-order valence-electron chi connectivity index (χ3n) is 5.38. The second kappa shape index (κ2) is 9.99. The predicted molar refractivity (Wildman–Crippen MR) is 123 cm³/mol. The Morgan fingerprint density at radius 2 is 1.94 bits per heavy atom. The highest BCUT2D eigenvalue weighted by atomic mass is 16.5. The van der Waals surface area contributed by atoms with Crippen LogP contribution in [0.4, 0.5) is 0 Å². The van der Waals surface area contributed by atoms with E-state index in [0.717, 1.165) is 40.9 Å². The number of rotatable bonds is 8. The first-order valence-electron chi connectivity index (χ1n) is 10.7. The molecule has 0 amide bonds. The van der Waals surface area contributed by atoms with Crippen molar-refractivity contribution in [2.75, 3.05) is 7.11 Å². The molecule has 0 aliphatic rings. The largest absolute Gasteiger partial charge is 0.465 e. The molecule has 0 unspecified atom stereocenters. The summed E-state index contributed by atoms with van der Waals surface area (Å²) in [5.74, 6) is -0.0161. The highest BCUT2D eigenvalue weighted by Gasteiger charge is 2.14. The van der Waals surface area contributed by atoms with E-state index in [4.69, 9.17) is 4.74 Å². The molecule has 0 saturated carbocycles. The topological polar surface area (TPSA) is 116 Å². The molecule has 3 heterocycles. The van der Waals surface area contributed by atoms with E-state index in [-0.39, 0.29) is 11.1 Å². The number of aromatic nitrogens is 6. The first kappa shape index (κ1) is 22.1. The number of hydrogen-bond donors (Lipinski definition) is 1. The van der Waals surface area contributed by atoms with Crippen molar-refractivity contribution in [1.29, 1.82) is 0 Å². The summed E-state index contributed by atoms with van der Waals surface area (Å²) in [5.41, 5.74) is 4.18. The monoisotopic (exact) mass is 444 g/mol. The number of carbonyl (C=O) groups is 1. The van der Waals surface area contributed by atoms with Gasteiger partial charge in [-0.25, -0.2) is 4.79 Å². The van der Waals surface area contributed by atoms with Crippen LogP contribution in [0, 0.1) is 0 Å². The first-order valence-corrected chi connectivity index (χ1v) is 10.7. The Kier molecular flexibility index (Phi) is 6.68. The number of tetrazole rings is 1. The van der Waals surface area contributed by atoms with E-state index in [1.165, 1.54) is 13.2 Å². The van der Waals surface area contributed by atoms with Gasteiger partial charge in [0, 0.05) is 29.1 Å². The Balaban J connectivity index is 1.64. The summed E-state index contributed by atoms with van der Waals surface area (Å²) in [6.45, 7) is 2.45. The van der Waals surface area contributed by atoms with E-state index in [0.29, 0.717) is 18.8 Å². The number of nitrogens with zero attached hydrogens (tertiary/aromatic N) is 5. The van der Waals surface area contributed by atoms with Gasteiger partial charge in [-0.3, -0.25) is 9.78 Å². The van der Waals surface area contributed by atoms with Crippen LogP contribution in [0.3, 0.4) is 0 Å². The molecule has 3 aromatic heterocycles. The lowest BCUT2D eigenvalue weighted by atomic mass is 10.0. The van der Waals surface area contributed by atoms with E-state index in [1.54, 1.807) is 16.8 Å². The fourth-order valence-corrected chi connectivity index (χ4v) is 3.67. The van der Waals surface area contributed by atoms with Crippen molar-refractivity contribution in [3.8, 4) is 22.6 Å². The molecular weight excluding hydrogens is 420 g/mol. The van der Waals surface area contributed by atoms with E-state index < -0.39 is 5.97 Å². The fraction of sp³-hybridized carbons (Fsp3) is 0.250. The van der Waals surface area contributed by atoms with Gasteiger partial charge in [-0.15, -0.1) is 10.2 Å². The Hall–Kier alpha value is -4.14. The summed E-state index contributed by atoms with van der Waals surface area (Å²) < 4.78 is 6.48. The van der Waals surface area contributed by atoms with Crippen LogP contribution < -0.4 is 5.56 Å². The average molecular weight is 444 g/mol. The zero-order chi connectivity index (χ0) is 23.2. The van der Waals surface area contributed by atoms with E-state index in [1.807, 2.05) is 36.4 Å². The number of aromatic amines is 1. The van der Waals surface area contributed by atoms with Gasteiger partial charge < -0.3 is 9.30 Å². The maximum absolute atomic E-state index is 12.8. The van der Waals surface area contributed by atoms with Gasteiger partial charge >= 0.3 is 5.97 Å². The van der Waals surface area contributed by atoms with Gasteiger partial charge in [0.15, 0.2) is 0 Å². The summed E-state index contributed by atoms with van der Waals surface area (Å²) in [5, 5.41) is 14.2. The van der Waals surface area contributed by atoms with Crippen LogP contribution in [-0.2, 0) is 17.7 Å². The molecule has 33 heavy (non-hydrogen) atoms. The zero-order valence-corrected chi connectivity index (χ0v) is 18.5. The van der Waals surface area contributed by atoms with Gasteiger partial charge in [-0.1, -0.05) is 43.7 Å². The quantitative estimate of drug-likeness (QED) is 0.415. The van der Waals surface area contributed by atoms with Crippen LogP contribution in [0.2, 0.25) is 0 Å². The highest BCUT2D eigenvalue weighted by molar-refractivity contribution is 5.89. The molecule has 4 rings (SSSR count). The number of ether oxygens (including phenoxy) is 1. The minimum absolute atomic E-state index is 0.240. The predicted octanol–water partition coefficient (Wildman–Crippen LogP) is 3.27. The van der Waals surface area contributed by atoms with Crippen LogP contribution in [0.15, 0.2) is 59.5 Å². The van der Waals surface area contributed by atoms with Crippen molar-refractivity contribution in [1.82, 2.24) is 30.2 Å². The summed E-state index contributed by atoms with van der Waals surface area (Å²) >= 11 is 0. The zero-order valence-electron chi connectivity index (χ0n) is 18.5. The number of pyridine rings is 2. The Labute approximate surface area is 190 Å². The fourth-order valence-electron chi connectivity index (χ4n) is 3.67. The van der Waals surface area contributed by atoms with E-state index >= 15 is 0 Å². The third-order valence-corrected chi connectivity index (χ3v) is 5.38. The lowest BCUT2D eigenvalue weighted by molar-refractivity contribution is 0.0600. The number of hydrogen-bond acceptors (Lipinski definition) is 7. The molecule has 0 atom stereocenters. The van der Waals surface area contributed by atoms with Crippen LogP contribution in [-0.4, -0.2) is 43.3 Å². The van der Waals surface area contributed by atoms with Gasteiger partial charge in [0.1, 0.15) is 0 Å². The minimum Gasteiger partial charge on any atom is -0.465 e. The van der Waals surface area contributed by atoms with Crippen molar-refractivity contribution in [3.63, 3.8) is 0 Å². The van der Waals surface area contributed by atoms with Crippen LogP contribution >= 0.6 is 0 Å². The molecule has 1 N–H and O–H groups in total. The van der Waals surface area contributed by atoms with E-state index in [9.17, 15) is 9.59 Å². The Morgan fingerprint density at radius 1 is 1.12 bits per heavy atom. The second-order valence-corrected chi connectivity index (χ2v) is 7.59. The average Bonchev–Trinajstić information content (AvgIpc) is 3.39. The molecule has 0 aliphatic heterocycles. The second-order valence-electron chi connectivity index (χ2n) is 7.59. The van der Waals surface area contributed by atoms with Crippen LogP contribution in [0.25, 0.3) is 22.6 Å². The Morgan fingerprint density at radius 3 is 2.61 bits per heavy atom. The summed E-state index contributed by atoms with van der Waals surface area (Å²) in [4.78, 5) is 29.4. The minimum atomic E-state index is -0.511. The smallest absolute Gasteiger partial charge is 0.338 e. The SMILES string of the molecule is CCCCc1cc(C(=O)OC)cc(=O)n1Cc1ccc(-c2ccccc2-c2nn[nH]n2)nc1. The standard InChI is InChI=1S/C24H24N6O3/c1-3-4-7-18-12-17(24(32)33-2)13-22(31)30(18)15-16-10-11-21(25-14-16)19-8-5-6-9-20(19)23-26-28-29-27-23/h5-6,8-14H,3-4,7,15H2,1-2H3,(H,26,27,28,29). The number of aryl methyl sites for hydroxylation is 1. The van der Waals surface area contributed by atoms with Gasteiger partial charge in [-0.2, -0.15) is 5.21 Å². The van der Waals surface area contributed by atoms with Crippen molar-refractivity contribution in [2.45, 2.75) is 32.7 Å². The molecule has 0 bridgehead atoms. The molecule has 168 valence electrons. The van der Waals surface area contributed by atoms with Crippen LogP contribution in [0.5, 0.6) is 0 Å². The Bertz CT molecular complexity index is 1300. The molecule has 9 nitrogen and oxygen atoms in total. The van der Waals surface area contributed by atoms with Gasteiger partial charge in [0.2, 0.25) is 5.82 Å². The maximum atomic E-state index is 12.8. The molecule has 0 aliphatic carbocycles. The molecule has 0 radical (unpaired) electrons. The number of methoxy groups -OCH3 is 1. The van der Waals surface area contributed by atoms with Crippen molar-refractivity contribution >= 4 is 5.97 Å². The molecular formula is C24H24N6O3. The molecule has 9 heteroatoms. The number of H-pyrrole nitrogens is 1. The van der Waals surface area contributed by atoms with Gasteiger partial charge in [0.05, 0.1) is 24.9 Å². The number of nitrogens with one attached hydrogen (secondary N) is 1. The first-order chi connectivity index (χ1) is 16.1. The normalized spacial score (nSPS) is 10.8. The summed E-state index contributed by atoms with van der Waals surface area (Å²) in [7, 11) is 1.31. The van der Waals surface area contributed by atoms with E-state index in [2.05, 4.69) is 32.5 Å². The number of esters is 1. The number of benzene rings is 1. The van der Waals surface area contributed by atoms with Crippen molar-refractivity contribution < 1.29 is 9.53 Å². The number of carbonyl (C=O) groups excluding carboxylic acids is 1. The molecule has 0 spiro atoms. The van der Waals surface area contributed by atoms with Gasteiger partial charge in [0.25, 0.3) is 5.56 Å². The van der Waals surface area contributed by atoms with Gasteiger partial charge in [-0.05, 0) is 35.8 Å². The molecule has 0 saturated heterocycles. The third kappa shape index (κ3) is 4.87. The highest BCUT2D eigenvalue weighted by Crippen LogP contribution is 2.28. The van der Waals surface area contributed by atoms with Crippen LogP contribution in [0.1, 0.15) is 41.4 Å². The van der Waals surface area contributed by atoms with Crippen molar-refractivity contribution in [3.05, 3.63) is 81.9 Å². The number of unbranched alkanes of at least 4 members (excludes halogenated alkanes) is 1. The molecule has 4 aromatic rings. The summed E-state index contributed by atoms with van der Waals surface area (Å²) in [6.07, 6.45) is 4.34. The lowest BCUT2D eigenvalue weighted by Gasteiger charge is -2.14. The lowest BCUT2D eigenvalue weighted by Crippen LogP contribution is -2.25. The summed E-state index contributed by atoms with van der Waals surface area (Å²) in [6, 6.07) is 14.6. The molecule has 0 fully saturated rings. The maximum Gasteiger partial charge on any atom is 0.338 e. The molecule has 1 aromatic carbocycles.